The predicted molar refractivity (Wildman–Crippen MR) is 49.5 cm³/mol. The number of nitrogens with one attached hydrogen (secondary N) is 1. The number of rotatable bonds is 1. The molecule has 0 spiro atoms. The quantitative estimate of drug-likeness (QED) is 0.480. The van der Waals surface area contributed by atoms with Crippen molar-refractivity contribution in [3.8, 4) is 0 Å². The van der Waals surface area contributed by atoms with Crippen LogP contribution in [-0.2, 0) is 0 Å². The molecular formula is C9H18N2O2. The first kappa shape index (κ1) is 9.40. The van der Waals surface area contributed by atoms with Crippen LogP contribution in [0.25, 0.3) is 0 Å². The molecule has 0 radical (unpaired) electrons. The van der Waals surface area contributed by atoms with Gasteiger partial charge in [-0.3, -0.25) is 4.90 Å². The van der Waals surface area contributed by atoms with Crippen LogP contribution in [-0.4, -0.2) is 59.5 Å². The van der Waals surface area contributed by atoms with Crippen molar-refractivity contribution >= 4 is 0 Å². The number of β-amino-alcohol motifs (C(OH)–C–C–N with tert-alkyl or cyclic N) is 1. The van der Waals surface area contributed by atoms with Crippen LogP contribution in [0.3, 0.4) is 0 Å². The highest BCUT2D eigenvalue weighted by atomic mass is 16.3. The van der Waals surface area contributed by atoms with Gasteiger partial charge >= 0.3 is 0 Å². The number of piperidine rings is 1. The monoisotopic (exact) mass is 186 g/mol. The number of hydrogen-bond donors (Lipinski definition) is 3. The maximum atomic E-state index is 9.64. The van der Waals surface area contributed by atoms with Gasteiger partial charge in [-0.25, -0.2) is 0 Å². The van der Waals surface area contributed by atoms with Gasteiger partial charge in [0.25, 0.3) is 0 Å². The van der Waals surface area contributed by atoms with Gasteiger partial charge in [-0.1, -0.05) is 0 Å². The lowest BCUT2D eigenvalue weighted by Gasteiger charge is -2.35. The highest BCUT2D eigenvalue weighted by Crippen LogP contribution is 2.16. The van der Waals surface area contributed by atoms with Crippen molar-refractivity contribution in [1.82, 2.24) is 10.2 Å². The number of aliphatic hydroxyl groups excluding tert-OH is 2. The highest BCUT2D eigenvalue weighted by molar-refractivity contribution is 4.90. The molecule has 0 amide bonds. The molecule has 2 saturated heterocycles. The smallest absolute Gasteiger partial charge is 0.0831 e. The van der Waals surface area contributed by atoms with Crippen LogP contribution in [0.4, 0.5) is 0 Å². The molecule has 2 rings (SSSR count). The highest BCUT2D eigenvalue weighted by Gasteiger charge is 2.32. The van der Waals surface area contributed by atoms with E-state index in [1.807, 2.05) is 0 Å². The van der Waals surface area contributed by atoms with Gasteiger partial charge in [0.1, 0.15) is 0 Å². The summed E-state index contributed by atoms with van der Waals surface area (Å²) in [7, 11) is 0. The molecule has 76 valence electrons. The average molecular weight is 186 g/mol. The van der Waals surface area contributed by atoms with Gasteiger partial charge < -0.3 is 15.5 Å². The first-order chi connectivity index (χ1) is 6.27. The normalized spacial score (nSPS) is 38.3. The van der Waals surface area contributed by atoms with E-state index in [4.69, 9.17) is 0 Å². The Bertz CT molecular complexity index is 169. The third-order valence-corrected chi connectivity index (χ3v) is 3.12. The van der Waals surface area contributed by atoms with Gasteiger partial charge in [-0.2, -0.15) is 0 Å². The lowest BCUT2D eigenvalue weighted by molar-refractivity contribution is 0.0282. The van der Waals surface area contributed by atoms with E-state index in [0.29, 0.717) is 6.54 Å². The summed E-state index contributed by atoms with van der Waals surface area (Å²) in [4.78, 5) is 2.29. The molecular weight excluding hydrogens is 168 g/mol. The minimum absolute atomic E-state index is 0.122. The minimum atomic E-state index is -0.227. The average Bonchev–Trinajstić information content (AvgIpc) is 2.53. The van der Waals surface area contributed by atoms with Crippen molar-refractivity contribution in [2.75, 3.05) is 26.2 Å². The van der Waals surface area contributed by atoms with E-state index >= 15 is 0 Å². The third kappa shape index (κ3) is 2.02. The molecule has 2 heterocycles. The molecule has 2 aliphatic rings. The van der Waals surface area contributed by atoms with Gasteiger partial charge in [-0.15, -0.1) is 0 Å². The molecule has 0 saturated carbocycles. The molecule has 3 N–H and O–H groups in total. The summed E-state index contributed by atoms with van der Waals surface area (Å²) in [6, 6.07) is 0.271. The zero-order valence-corrected chi connectivity index (χ0v) is 7.82. The predicted octanol–water partition coefficient (Wildman–Crippen LogP) is -1.22. The SMILES string of the molecule is OC1CCN([C@H]2CNC[C@H]2O)CC1. The molecule has 2 atom stereocenters. The first-order valence-corrected chi connectivity index (χ1v) is 5.08. The van der Waals surface area contributed by atoms with Gasteiger partial charge in [-0.05, 0) is 12.8 Å². The Hall–Kier alpha value is -0.160. The summed E-state index contributed by atoms with van der Waals surface area (Å²) >= 11 is 0. The van der Waals surface area contributed by atoms with Crippen LogP contribution >= 0.6 is 0 Å². The van der Waals surface area contributed by atoms with E-state index in [0.717, 1.165) is 32.5 Å². The first-order valence-electron chi connectivity index (χ1n) is 5.08. The summed E-state index contributed by atoms with van der Waals surface area (Å²) in [5, 5.41) is 22.1. The molecule has 13 heavy (non-hydrogen) atoms. The number of hydrogen-bond acceptors (Lipinski definition) is 4. The molecule has 2 fully saturated rings. The fourth-order valence-electron chi connectivity index (χ4n) is 2.24. The van der Waals surface area contributed by atoms with Crippen molar-refractivity contribution in [2.45, 2.75) is 31.1 Å². The summed E-state index contributed by atoms with van der Waals surface area (Å²) < 4.78 is 0. The lowest BCUT2D eigenvalue weighted by atomic mass is 10.0. The van der Waals surface area contributed by atoms with Crippen LogP contribution in [0.1, 0.15) is 12.8 Å². The molecule has 4 nitrogen and oxygen atoms in total. The van der Waals surface area contributed by atoms with Crippen molar-refractivity contribution in [1.29, 1.82) is 0 Å². The van der Waals surface area contributed by atoms with E-state index in [9.17, 15) is 10.2 Å². The maximum absolute atomic E-state index is 9.64. The number of nitrogens with zero attached hydrogens (tertiary/aromatic N) is 1. The second kappa shape index (κ2) is 3.92. The third-order valence-electron chi connectivity index (χ3n) is 3.12. The molecule has 0 aromatic rings. The Labute approximate surface area is 78.5 Å². The van der Waals surface area contributed by atoms with Crippen molar-refractivity contribution < 1.29 is 10.2 Å². The summed E-state index contributed by atoms with van der Waals surface area (Å²) in [6.07, 6.45) is 1.35. The van der Waals surface area contributed by atoms with Gasteiger partial charge in [0, 0.05) is 32.2 Å². The Kier molecular flexibility index (Phi) is 2.83. The number of aliphatic hydroxyl groups is 2. The van der Waals surface area contributed by atoms with Crippen molar-refractivity contribution in [3.05, 3.63) is 0 Å². The standard InChI is InChI=1S/C9H18N2O2/c12-7-1-3-11(4-2-7)8-5-10-6-9(8)13/h7-10,12-13H,1-6H2/t8-,9+/m0/s1. The molecule has 4 heteroatoms. The van der Waals surface area contributed by atoms with E-state index < -0.39 is 0 Å². The molecule has 0 bridgehead atoms. The van der Waals surface area contributed by atoms with Gasteiger partial charge in [0.05, 0.1) is 12.2 Å². The lowest BCUT2D eigenvalue weighted by Crippen LogP contribution is -2.48. The Morgan fingerprint density at radius 3 is 2.31 bits per heavy atom. The Morgan fingerprint density at radius 1 is 1.08 bits per heavy atom. The summed E-state index contributed by atoms with van der Waals surface area (Å²) in [6.45, 7) is 3.44. The Balaban J connectivity index is 1.86. The van der Waals surface area contributed by atoms with Crippen LogP contribution < -0.4 is 5.32 Å². The van der Waals surface area contributed by atoms with Crippen molar-refractivity contribution in [3.63, 3.8) is 0 Å². The molecule has 0 aromatic carbocycles. The van der Waals surface area contributed by atoms with E-state index in [1.165, 1.54) is 0 Å². The molecule has 2 aliphatic heterocycles. The zero-order chi connectivity index (χ0) is 9.26. The van der Waals surface area contributed by atoms with Crippen LogP contribution in [0, 0.1) is 0 Å². The molecule has 0 unspecified atom stereocenters. The van der Waals surface area contributed by atoms with Crippen LogP contribution in [0.2, 0.25) is 0 Å². The minimum Gasteiger partial charge on any atom is -0.393 e. The van der Waals surface area contributed by atoms with Crippen LogP contribution in [0.5, 0.6) is 0 Å². The summed E-state index contributed by atoms with van der Waals surface area (Å²) in [5.41, 5.74) is 0. The van der Waals surface area contributed by atoms with Crippen LogP contribution in [0.15, 0.2) is 0 Å². The molecule has 0 aromatic heterocycles. The van der Waals surface area contributed by atoms with E-state index in [1.54, 1.807) is 0 Å². The topological polar surface area (TPSA) is 55.7 Å². The number of likely N-dealkylation sites (tertiary alicyclic amines) is 1. The largest absolute Gasteiger partial charge is 0.393 e. The van der Waals surface area contributed by atoms with Gasteiger partial charge in [0.2, 0.25) is 0 Å². The maximum Gasteiger partial charge on any atom is 0.0831 e. The van der Waals surface area contributed by atoms with E-state index in [2.05, 4.69) is 10.2 Å². The van der Waals surface area contributed by atoms with Gasteiger partial charge in [0.15, 0.2) is 0 Å². The second-order valence-electron chi connectivity index (χ2n) is 4.06. The zero-order valence-electron chi connectivity index (χ0n) is 7.82. The summed E-state index contributed by atoms with van der Waals surface area (Å²) in [5.74, 6) is 0. The fraction of sp³-hybridized carbons (Fsp3) is 1.00. The van der Waals surface area contributed by atoms with Crippen molar-refractivity contribution in [2.24, 2.45) is 0 Å². The van der Waals surface area contributed by atoms with E-state index in [-0.39, 0.29) is 18.2 Å². The molecule has 0 aliphatic carbocycles. The fourth-order valence-corrected chi connectivity index (χ4v) is 2.24. The Morgan fingerprint density at radius 2 is 1.77 bits per heavy atom. The second-order valence-corrected chi connectivity index (χ2v) is 4.06.